The van der Waals surface area contributed by atoms with Crippen molar-refractivity contribution in [3.63, 3.8) is 0 Å². The average Bonchev–Trinajstić information content (AvgIpc) is 2.66. The van der Waals surface area contributed by atoms with Crippen molar-refractivity contribution in [3.05, 3.63) is 52.0 Å². The molecule has 2 rings (SSSR count). The van der Waals surface area contributed by atoms with E-state index < -0.39 is 0 Å². The van der Waals surface area contributed by atoms with Crippen molar-refractivity contribution < 1.29 is 19.0 Å². The standard InChI is InChI=1S/C22H27ClN2O4/c1-5-27-21-13-18(14-24-25-17(4)26)12-19(23)22(21)29-11-7-10-28-20-9-6-8-15(2)16(20)3/h6,8-9,12-14H,5,7,10-11H2,1-4H3,(H,25,26)/b24-14-. The first kappa shape index (κ1) is 22.6. The molecule has 7 heteroatoms. The molecule has 0 fully saturated rings. The number of nitrogens with one attached hydrogen (secondary N) is 1. The van der Waals surface area contributed by atoms with Crippen molar-refractivity contribution in [1.29, 1.82) is 0 Å². The van der Waals surface area contributed by atoms with Crippen molar-refractivity contribution >= 4 is 23.7 Å². The Balaban J connectivity index is 1.95. The molecule has 6 nitrogen and oxygen atoms in total. The maximum absolute atomic E-state index is 10.9. The quantitative estimate of drug-likeness (QED) is 0.345. The molecule has 0 aliphatic rings. The summed E-state index contributed by atoms with van der Waals surface area (Å²) in [6.07, 6.45) is 2.19. The molecule has 0 saturated heterocycles. The summed E-state index contributed by atoms with van der Waals surface area (Å²) < 4.78 is 17.4. The zero-order chi connectivity index (χ0) is 21.2. The van der Waals surface area contributed by atoms with Crippen LogP contribution in [0.25, 0.3) is 0 Å². The van der Waals surface area contributed by atoms with Gasteiger partial charge >= 0.3 is 0 Å². The second-order valence-corrected chi connectivity index (χ2v) is 6.84. The highest BCUT2D eigenvalue weighted by Crippen LogP contribution is 2.36. The van der Waals surface area contributed by atoms with Gasteiger partial charge in [-0.25, -0.2) is 5.43 Å². The van der Waals surface area contributed by atoms with E-state index in [4.69, 9.17) is 25.8 Å². The first-order valence-corrected chi connectivity index (χ1v) is 9.88. The summed E-state index contributed by atoms with van der Waals surface area (Å²) >= 11 is 6.37. The molecule has 0 heterocycles. The molecule has 0 bridgehead atoms. The normalized spacial score (nSPS) is 10.8. The number of benzene rings is 2. The van der Waals surface area contributed by atoms with Gasteiger partial charge in [0.15, 0.2) is 11.5 Å². The summed E-state index contributed by atoms with van der Waals surface area (Å²) in [7, 11) is 0. The first-order chi connectivity index (χ1) is 13.9. The van der Waals surface area contributed by atoms with Gasteiger partial charge in [-0.15, -0.1) is 0 Å². The Kier molecular flexibility index (Phi) is 8.80. The number of aryl methyl sites for hydroxylation is 1. The van der Waals surface area contributed by atoms with Gasteiger partial charge in [0.05, 0.1) is 31.1 Å². The number of carbonyl (C=O) groups is 1. The van der Waals surface area contributed by atoms with E-state index >= 15 is 0 Å². The van der Waals surface area contributed by atoms with Crippen molar-refractivity contribution in [2.75, 3.05) is 19.8 Å². The van der Waals surface area contributed by atoms with Gasteiger partial charge in [0.1, 0.15) is 5.75 Å². The van der Waals surface area contributed by atoms with Gasteiger partial charge in [0.2, 0.25) is 5.91 Å². The number of ether oxygens (including phenoxy) is 3. The maximum Gasteiger partial charge on any atom is 0.236 e. The molecule has 0 saturated carbocycles. The van der Waals surface area contributed by atoms with Crippen LogP contribution in [0.15, 0.2) is 35.4 Å². The largest absolute Gasteiger partial charge is 0.493 e. The van der Waals surface area contributed by atoms with Gasteiger partial charge in [-0.3, -0.25) is 4.79 Å². The number of carbonyl (C=O) groups excluding carboxylic acids is 1. The second-order valence-electron chi connectivity index (χ2n) is 6.44. The summed E-state index contributed by atoms with van der Waals surface area (Å²) in [6, 6.07) is 9.49. The van der Waals surface area contributed by atoms with Crippen LogP contribution in [-0.2, 0) is 4.79 Å². The fourth-order valence-electron chi connectivity index (χ4n) is 2.56. The number of nitrogens with zero attached hydrogens (tertiary/aromatic N) is 1. The Morgan fingerprint density at radius 1 is 1.14 bits per heavy atom. The van der Waals surface area contributed by atoms with Crippen LogP contribution in [0.1, 0.15) is 37.0 Å². The lowest BCUT2D eigenvalue weighted by Crippen LogP contribution is -2.12. The van der Waals surface area contributed by atoms with Crippen LogP contribution >= 0.6 is 11.6 Å². The Morgan fingerprint density at radius 3 is 2.62 bits per heavy atom. The Bertz CT molecular complexity index is 868. The second kappa shape index (κ2) is 11.3. The number of hydrogen-bond acceptors (Lipinski definition) is 5. The number of amides is 1. The molecular weight excluding hydrogens is 392 g/mol. The minimum absolute atomic E-state index is 0.250. The topological polar surface area (TPSA) is 69.2 Å². The molecule has 0 unspecified atom stereocenters. The molecule has 1 amide bonds. The third-order valence-electron chi connectivity index (χ3n) is 4.11. The molecule has 0 spiro atoms. The lowest BCUT2D eigenvalue weighted by Gasteiger charge is -2.15. The minimum atomic E-state index is -0.250. The van der Waals surface area contributed by atoms with E-state index in [1.54, 1.807) is 12.1 Å². The summed E-state index contributed by atoms with van der Waals surface area (Å²) in [6.45, 7) is 8.82. The van der Waals surface area contributed by atoms with E-state index in [1.807, 2.05) is 26.0 Å². The Morgan fingerprint density at radius 2 is 1.90 bits per heavy atom. The van der Waals surface area contributed by atoms with Crippen molar-refractivity contribution in [2.24, 2.45) is 5.10 Å². The predicted molar refractivity (Wildman–Crippen MR) is 116 cm³/mol. The van der Waals surface area contributed by atoms with E-state index in [0.29, 0.717) is 48.3 Å². The highest BCUT2D eigenvalue weighted by molar-refractivity contribution is 6.32. The lowest BCUT2D eigenvalue weighted by molar-refractivity contribution is -0.118. The molecule has 156 valence electrons. The summed E-state index contributed by atoms with van der Waals surface area (Å²) in [5.41, 5.74) is 5.39. The number of hydrazone groups is 1. The van der Waals surface area contributed by atoms with Crippen LogP contribution in [0.4, 0.5) is 0 Å². The average molecular weight is 419 g/mol. The van der Waals surface area contributed by atoms with Gasteiger partial charge in [-0.1, -0.05) is 23.7 Å². The molecule has 0 aliphatic carbocycles. The van der Waals surface area contributed by atoms with Gasteiger partial charge in [-0.2, -0.15) is 5.10 Å². The Labute approximate surface area is 176 Å². The van der Waals surface area contributed by atoms with Crippen molar-refractivity contribution in [2.45, 2.75) is 34.1 Å². The van der Waals surface area contributed by atoms with Gasteiger partial charge < -0.3 is 14.2 Å². The van der Waals surface area contributed by atoms with Crippen LogP contribution < -0.4 is 19.6 Å². The number of rotatable bonds is 10. The molecule has 0 aromatic heterocycles. The van der Waals surface area contributed by atoms with Crippen LogP contribution in [-0.4, -0.2) is 31.9 Å². The molecule has 0 aliphatic heterocycles. The van der Waals surface area contributed by atoms with Crippen molar-refractivity contribution in [1.82, 2.24) is 5.43 Å². The van der Waals surface area contributed by atoms with Crippen LogP contribution in [0.5, 0.6) is 17.2 Å². The summed E-state index contributed by atoms with van der Waals surface area (Å²) in [4.78, 5) is 10.9. The van der Waals surface area contributed by atoms with Gasteiger partial charge in [-0.05, 0) is 55.7 Å². The van der Waals surface area contributed by atoms with Crippen LogP contribution in [0.2, 0.25) is 5.02 Å². The third kappa shape index (κ3) is 6.98. The molecule has 29 heavy (non-hydrogen) atoms. The Hall–Kier alpha value is -2.73. The fourth-order valence-corrected chi connectivity index (χ4v) is 2.83. The number of hydrogen-bond donors (Lipinski definition) is 1. The molecular formula is C22H27ClN2O4. The fraction of sp³-hybridized carbons (Fsp3) is 0.364. The highest BCUT2D eigenvalue weighted by Gasteiger charge is 2.12. The molecule has 0 atom stereocenters. The third-order valence-corrected chi connectivity index (χ3v) is 4.40. The van der Waals surface area contributed by atoms with Crippen LogP contribution in [0.3, 0.4) is 0 Å². The minimum Gasteiger partial charge on any atom is -0.493 e. The van der Waals surface area contributed by atoms with Crippen LogP contribution in [0, 0.1) is 13.8 Å². The smallest absolute Gasteiger partial charge is 0.236 e. The van der Waals surface area contributed by atoms with Gasteiger partial charge in [0, 0.05) is 13.3 Å². The zero-order valence-corrected chi connectivity index (χ0v) is 18.0. The first-order valence-electron chi connectivity index (χ1n) is 9.50. The van der Waals surface area contributed by atoms with Gasteiger partial charge in [0.25, 0.3) is 0 Å². The molecule has 2 aromatic rings. The van der Waals surface area contributed by atoms with E-state index in [9.17, 15) is 4.79 Å². The lowest BCUT2D eigenvalue weighted by atomic mass is 10.1. The van der Waals surface area contributed by atoms with E-state index in [0.717, 1.165) is 11.3 Å². The van der Waals surface area contributed by atoms with Crippen molar-refractivity contribution in [3.8, 4) is 17.2 Å². The van der Waals surface area contributed by atoms with E-state index in [1.165, 1.54) is 18.7 Å². The summed E-state index contributed by atoms with van der Waals surface area (Å²) in [5, 5.41) is 4.26. The van der Waals surface area contributed by atoms with E-state index in [-0.39, 0.29) is 5.91 Å². The monoisotopic (exact) mass is 418 g/mol. The molecule has 2 aromatic carbocycles. The highest BCUT2D eigenvalue weighted by atomic mass is 35.5. The number of halogens is 1. The molecule has 0 radical (unpaired) electrons. The zero-order valence-electron chi connectivity index (χ0n) is 17.3. The summed E-state index contributed by atoms with van der Waals surface area (Å²) in [5.74, 6) is 1.65. The predicted octanol–water partition coefficient (Wildman–Crippen LogP) is 4.67. The SMILES string of the molecule is CCOc1cc(/C=N\NC(C)=O)cc(Cl)c1OCCCOc1cccc(C)c1C. The molecule has 1 N–H and O–H groups in total. The van der Waals surface area contributed by atoms with E-state index in [2.05, 4.69) is 23.5 Å². The maximum atomic E-state index is 10.9.